The molecule has 0 saturated carbocycles. The minimum absolute atomic E-state index is 0.471. The first-order valence-corrected chi connectivity index (χ1v) is 6.91. The highest BCUT2D eigenvalue weighted by Gasteiger charge is 2.22. The molecule has 1 N–H and O–H groups in total. The maximum absolute atomic E-state index is 10.3. The molecule has 1 aromatic carbocycles. The Morgan fingerprint density at radius 2 is 1.86 bits per heavy atom. The van der Waals surface area contributed by atoms with Gasteiger partial charge in [-0.2, -0.15) is 5.26 Å². The lowest BCUT2D eigenvalue weighted by molar-refractivity contribution is 0.111. The number of nitriles is 1. The minimum Gasteiger partial charge on any atom is -0.387 e. The Morgan fingerprint density at radius 3 is 2.48 bits per heavy atom. The molecule has 1 aromatic heterocycles. The first-order valence-electron chi connectivity index (χ1n) is 6.91. The summed E-state index contributed by atoms with van der Waals surface area (Å²) in [5.74, 6) is -0.471. The zero-order chi connectivity index (χ0) is 15.1. The normalized spacial score (nSPS) is 13.6. The van der Waals surface area contributed by atoms with Gasteiger partial charge in [-0.3, -0.25) is 4.98 Å². The van der Waals surface area contributed by atoms with Gasteiger partial charge in [-0.1, -0.05) is 30.3 Å². The van der Waals surface area contributed by atoms with Crippen molar-refractivity contribution in [2.45, 2.75) is 12.6 Å². The fourth-order valence-corrected chi connectivity index (χ4v) is 2.30. The second-order valence-electron chi connectivity index (χ2n) is 5.14. The van der Waals surface area contributed by atoms with Crippen molar-refractivity contribution in [2.75, 3.05) is 13.6 Å². The topological polar surface area (TPSA) is 60.2 Å². The monoisotopic (exact) mass is 281 g/mol. The van der Waals surface area contributed by atoms with Gasteiger partial charge < -0.3 is 10.0 Å². The van der Waals surface area contributed by atoms with Gasteiger partial charge in [0.05, 0.1) is 18.1 Å². The van der Waals surface area contributed by atoms with E-state index in [0.29, 0.717) is 6.54 Å². The Morgan fingerprint density at radius 1 is 1.19 bits per heavy atom. The zero-order valence-corrected chi connectivity index (χ0v) is 12.1. The number of benzene rings is 1. The van der Waals surface area contributed by atoms with Crippen LogP contribution in [-0.4, -0.2) is 28.6 Å². The van der Waals surface area contributed by atoms with E-state index in [2.05, 4.69) is 23.2 Å². The summed E-state index contributed by atoms with van der Waals surface area (Å²) in [5, 5.41) is 19.6. The molecular weight excluding hydrogens is 262 g/mol. The summed E-state index contributed by atoms with van der Waals surface area (Å²) in [6.07, 6.45) is 2.46. The van der Waals surface area contributed by atoms with Crippen LogP contribution in [0.5, 0.6) is 0 Å². The highest BCUT2D eigenvalue weighted by Crippen LogP contribution is 2.22. The molecule has 0 spiro atoms. The number of hydrogen-bond acceptors (Lipinski definition) is 4. The van der Waals surface area contributed by atoms with Crippen LogP contribution in [0.3, 0.4) is 0 Å². The number of aliphatic hydroxyl groups is 1. The van der Waals surface area contributed by atoms with Gasteiger partial charge in [-0.25, -0.2) is 0 Å². The lowest BCUT2D eigenvalue weighted by Crippen LogP contribution is -2.28. The number of aromatic nitrogens is 1. The molecule has 0 amide bonds. The highest BCUT2D eigenvalue weighted by molar-refractivity contribution is 5.17. The molecule has 0 unspecified atom stereocenters. The number of aliphatic hydroxyl groups excluding tert-OH is 1. The average Bonchev–Trinajstić information content (AvgIpc) is 2.53. The SMILES string of the molecule is CN(Cc1ccccc1)C[C@H](C#N)[C@@H](O)c1ccncc1. The third-order valence-corrected chi connectivity index (χ3v) is 3.40. The Kier molecular flexibility index (Phi) is 5.44. The lowest BCUT2D eigenvalue weighted by Gasteiger charge is -2.23. The third kappa shape index (κ3) is 4.38. The number of pyridine rings is 1. The van der Waals surface area contributed by atoms with Gasteiger partial charge >= 0.3 is 0 Å². The molecule has 4 heteroatoms. The second-order valence-corrected chi connectivity index (χ2v) is 5.14. The Bertz CT molecular complexity index is 580. The summed E-state index contributed by atoms with van der Waals surface area (Å²) in [6, 6.07) is 15.8. The summed E-state index contributed by atoms with van der Waals surface area (Å²) >= 11 is 0. The summed E-state index contributed by atoms with van der Waals surface area (Å²) in [4.78, 5) is 5.97. The van der Waals surface area contributed by atoms with Crippen LogP contribution in [0.25, 0.3) is 0 Å². The van der Waals surface area contributed by atoms with Crippen molar-refractivity contribution in [3.63, 3.8) is 0 Å². The largest absolute Gasteiger partial charge is 0.387 e. The Balaban J connectivity index is 1.97. The van der Waals surface area contributed by atoms with Gasteiger partial charge in [0.1, 0.15) is 0 Å². The van der Waals surface area contributed by atoms with E-state index in [-0.39, 0.29) is 0 Å². The first kappa shape index (κ1) is 15.2. The quantitative estimate of drug-likeness (QED) is 0.883. The fraction of sp³-hybridized carbons (Fsp3) is 0.294. The van der Waals surface area contributed by atoms with Crippen LogP contribution >= 0.6 is 0 Å². The second kappa shape index (κ2) is 7.53. The molecule has 0 radical (unpaired) electrons. The van der Waals surface area contributed by atoms with Crippen LogP contribution in [0, 0.1) is 17.2 Å². The van der Waals surface area contributed by atoms with E-state index in [9.17, 15) is 10.4 Å². The number of hydrogen-bond donors (Lipinski definition) is 1. The van der Waals surface area contributed by atoms with E-state index < -0.39 is 12.0 Å². The van der Waals surface area contributed by atoms with Gasteiger partial charge in [-0.15, -0.1) is 0 Å². The summed E-state index contributed by atoms with van der Waals surface area (Å²) in [6.45, 7) is 1.26. The van der Waals surface area contributed by atoms with Crippen molar-refractivity contribution in [2.24, 2.45) is 5.92 Å². The summed E-state index contributed by atoms with van der Waals surface area (Å²) < 4.78 is 0. The average molecular weight is 281 g/mol. The molecule has 4 nitrogen and oxygen atoms in total. The molecule has 0 aliphatic heterocycles. The van der Waals surface area contributed by atoms with Gasteiger partial charge in [0.25, 0.3) is 0 Å². The van der Waals surface area contributed by atoms with Crippen molar-refractivity contribution in [1.82, 2.24) is 9.88 Å². The van der Waals surface area contributed by atoms with E-state index >= 15 is 0 Å². The predicted octanol–water partition coefficient (Wildman–Crippen LogP) is 2.39. The van der Waals surface area contributed by atoms with Gasteiger partial charge in [-0.05, 0) is 30.3 Å². The molecule has 0 saturated heterocycles. The van der Waals surface area contributed by atoms with E-state index in [1.165, 1.54) is 5.56 Å². The van der Waals surface area contributed by atoms with Crippen LogP contribution < -0.4 is 0 Å². The summed E-state index contributed by atoms with van der Waals surface area (Å²) in [7, 11) is 1.95. The maximum Gasteiger partial charge on any atom is 0.0961 e. The van der Waals surface area contributed by atoms with Crippen molar-refractivity contribution in [3.05, 3.63) is 66.0 Å². The molecule has 0 fully saturated rings. The molecule has 21 heavy (non-hydrogen) atoms. The van der Waals surface area contributed by atoms with E-state index in [1.54, 1.807) is 24.5 Å². The predicted molar refractivity (Wildman–Crippen MR) is 81.1 cm³/mol. The van der Waals surface area contributed by atoms with Gasteiger partial charge in [0.15, 0.2) is 0 Å². The zero-order valence-electron chi connectivity index (χ0n) is 12.1. The van der Waals surface area contributed by atoms with Crippen molar-refractivity contribution >= 4 is 0 Å². The van der Waals surface area contributed by atoms with E-state index in [1.807, 2.05) is 30.1 Å². The van der Waals surface area contributed by atoms with Crippen LogP contribution in [0.15, 0.2) is 54.9 Å². The molecule has 2 atom stereocenters. The van der Waals surface area contributed by atoms with Crippen molar-refractivity contribution < 1.29 is 5.11 Å². The number of nitrogens with zero attached hydrogens (tertiary/aromatic N) is 3. The Hall–Kier alpha value is -2.22. The Labute approximate surface area is 125 Å². The van der Waals surface area contributed by atoms with Crippen molar-refractivity contribution in [1.29, 1.82) is 5.26 Å². The molecule has 0 bridgehead atoms. The standard InChI is InChI=1S/C17H19N3O/c1-20(12-14-5-3-2-4-6-14)13-16(11-18)17(21)15-7-9-19-10-8-15/h2-10,16-17,21H,12-13H2,1H3/t16-,17-/m0/s1. The lowest BCUT2D eigenvalue weighted by atomic mass is 9.97. The minimum atomic E-state index is -0.795. The highest BCUT2D eigenvalue weighted by atomic mass is 16.3. The van der Waals surface area contributed by atoms with Gasteiger partial charge in [0.2, 0.25) is 0 Å². The van der Waals surface area contributed by atoms with Crippen LogP contribution in [0.4, 0.5) is 0 Å². The maximum atomic E-state index is 10.3. The van der Waals surface area contributed by atoms with E-state index in [0.717, 1.165) is 12.1 Å². The molecule has 1 heterocycles. The molecule has 0 aliphatic rings. The van der Waals surface area contributed by atoms with Gasteiger partial charge in [0, 0.05) is 25.5 Å². The molecule has 2 rings (SSSR count). The molecule has 0 aliphatic carbocycles. The number of rotatable bonds is 6. The molecular formula is C17H19N3O. The first-order chi connectivity index (χ1) is 10.2. The summed E-state index contributed by atoms with van der Waals surface area (Å²) in [5.41, 5.74) is 1.92. The fourth-order valence-electron chi connectivity index (χ4n) is 2.30. The molecule has 2 aromatic rings. The van der Waals surface area contributed by atoms with Crippen molar-refractivity contribution in [3.8, 4) is 6.07 Å². The van der Waals surface area contributed by atoms with Crippen LogP contribution in [0.2, 0.25) is 0 Å². The smallest absolute Gasteiger partial charge is 0.0961 e. The molecule has 108 valence electrons. The van der Waals surface area contributed by atoms with E-state index in [4.69, 9.17) is 0 Å². The third-order valence-electron chi connectivity index (χ3n) is 3.40. The van der Waals surface area contributed by atoms with Crippen LogP contribution in [-0.2, 0) is 6.54 Å². The van der Waals surface area contributed by atoms with Crippen LogP contribution in [0.1, 0.15) is 17.2 Å².